The van der Waals surface area contributed by atoms with Crippen LogP contribution in [0.1, 0.15) is 16.7 Å². The molecule has 0 aliphatic rings. The molecule has 0 saturated carbocycles. The van der Waals surface area contributed by atoms with Crippen LogP contribution in [0.3, 0.4) is 0 Å². The molecule has 156 valence electrons. The zero-order valence-electron chi connectivity index (χ0n) is 17.5. The van der Waals surface area contributed by atoms with E-state index in [-0.39, 0.29) is 6.61 Å². The molecule has 0 fully saturated rings. The molecule has 0 aromatic heterocycles. The number of ether oxygens (including phenoxy) is 1. The lowest BCUT2D eigenvalue weighted by molar-refractivity contribution is 0.138. The second-order valence-electron chi connectivity index (χ2n) is 7.40. The van der Waals surface area contributed by atoms with E-state index in [2.05, 4.69) is 4.90 Å². The number of aliphatic hydroxyl groups is 2. The molecule has 4 heteroatoms. The quantitative estimate of drug-likeness (QED) is 0.532. The summed E-state index contributed by atoms with van der Waals surface area (Å²) in [5, 5.41) is 20.5. The Bertz CT molecular complexity index is 935. The number of benzene rings is 3. The molecule has 3 rings (SSSR count). The highest BCUT2D eigenvalue weighted by Gasteiger charge is 2.20. The fourth-order valence-electron chi connectivity index (χ4n) is 3.36. The second-order valence-corrected chi connectivity index (χ2v) is 7.40. The van der Waals surface area contributed by atoms with Crippen molar-refractivity contribution in [1.29, 1.82) is 0 Å². The SMILES string of the molecule is CN(C)CCOc1ccc(/C(=C(\c2ccccc2)C(O)CO)c2ccccc2)cc1. The fourth-order valence-corrected chi connectivity index (χ4v) is 3.36. The van der Waals surface area contributed by atoms with Crippen LogP contribution in [0.2, 0.25) is 0 Å². The lowest BCUT2D eigenvalue weighted by Crippen LogP contribution is -2.19. The monoisotopic (exact) mass is 403 g/mol. The largest absolute Gasteiger partial charge is 0.492 e. The normalized spacial score (nSPS) is 13.1. The number of aliphatic hydroxyl groups excluding tert-OH is 2. The van der Waals surface area contributed by atoms with Gasteiger partial charge in [0, 0.05) is 6.54 Å². The van der Waals surface area contributed by atoms with E-state index in [1.165, 1.54) is 0 Å². The van der Waals surface area contributed by atoms with Crippen LogP contribution < -0.4 is 4.74 Å². The van der Waals surface area contributed by atoms with Gasteiger partial charge in [0.1, 0.15) is 18.5 Å². The first kappa shape index (κ1) is 21.8. The van der Waals surface area contributed by atoms with Crippen LogP contribution in [0.15, 0.2) is 84.9 Å². The van der Waals surface area contributed by atoms with Crippen LogP contribution in [0, 0.1) is 0 Å². The molecule has 0 bridgehead atoms. The maximum atomic E-state index is 10.7. The Kier molecular flexibility index (Phi) is 7.80. The van der Waals surface area contributed by atoms with Crippen LogP contribution >= 0.6 is 0 Å². The standard InChI is InChI=1S/C26H29NO3/c1-27(2)17-18-30-23-15-13-22(14-16-23)25(20-9-5-3-6-10-20)26(24(29)19-28)21-11-7-4-8-12-21/h3-16,24,28-29H,17-19H2,1-2H3/b26-25+. The van der Waals surface area contributed by atoms with Gasteiger partial charge in [-0.25, -0.2) is 0 Å². The van der Waals surface area contributed by atoms with Gasteiger partial charge in [0.15, 0.2) is 0 Å². The summed E-state index contributed by atoms with van der Waals surface area (Å²) in [6.45, 7) is 1.11. The van der Waals surface area contributed by atoms with Crippen molar-refractivity contribution in [3.05, 3.63) is 102 Å². The van der Waals surface area contributed by atoms with E-state index in [1.54, 1.807) is 0 Å². The highest BCUT2D eigenvalue weighted by atomic mass is 16.5. The van der Waals surface area contributed by atoms with Gasteiger partial charge in [0.25, 0.3) is 0 Å². The molecule has 0 amide bonds. The Labute approximate surface area is 178 Å². The van der Waals surface area contributed by atoms with Gasteiger partial charge in [-0.1, -0.05) is 72.8 Å². The average Bonchev–Trinajstić information content (AvgIpc) is 2.78. The zero-order valence-corrected chi connectivity index (χ0v) is 17.5. The first-order chi connectivity index (χ1) is 14.6. The summed E-state index contributed by atoms with van der Waals surface area (Å²) in [6, 6.07) is 27.6. The minimum atomic E-state index is -1.00. The summed E-state index contributed by atoms with van der Waals surface area (Å²) in [5.41, 5.74) is 4.40. The predicted molar refractivity (Wildman–Crippen MR) is 122 cm³/mol. The van der Waals surface area contributed by atoms with Crippen molar-refractivity contribution in [3.8, 4) is 5.75 Å². The van der Waals surface area contributed by atoms with Crippen molar-refractivity contribution >= 4 is 11.1 Å². The number of hydrogen-bond acceptors (Lipinski definition) is 4. The van der Waals surface area contributed by atoms with Crippen LogP contribution in [-0.4, -0.2) is 55.1 Å². The van der Waals surface area contributed by atoms with Gasteiger partial charge in [-0.05, 0) is 54.1 Å². The van der Waals surface area contributed by atoms with E-state index < -0.39 is 6.10 Å². The number of nitrogens with zero attached hydrogens (tertiary/aromatic N) is 1. The Morgan fingerprint density at radius 3 is 1.87 bits per heavy atom. The molecule has 4 nitrogen and oxygen atoms in total. The van der Waals surface area contributed by atoms with Crippen molar-refractivity contribution in [2.75, 3.05) is 33.9 Å². The summed E-state index contributed by atoms with van der Waals surface area (Å²) >= 11 is 0. The molecule has 0 aliphatic carbocycles. The third-order valence-electron chi connectivity index (χ3n) is 4.87. The lowest BCUT2D eigenvalue weighted by atomic mass is 9.87. The summed E-state index contributed by atoms with van der Waals surface area (Å²) in [7, 11) is 4.03. The third kappa shape index (κ3) is 5.57. The summed E-state index contributed by atoms with van der Waals surface area (Å²) in [6.07, 6.45) is -1.00. The molecule has 0 heterocycles. The van der Waals surface area contributed by atoms with Crippen LogP contribution in [0.25, 0.3) is 11.1 Å². The second kappa shape index (κ2) is 10.7. The maximum Gasteiger partial charge on any atom is 0.119 e. The average molecular weight is 404 g/mol. The van der Waals surface area contributed by atoms with Crippen molar-refractivity contribution in [1.82, 2.24) is 4.90 Å². The van der Waals surface area contributed by atoms with Crippen molar-refractivity contribution in [3.63, 3.8) is 0 Å². The van der Waals surface area contributed by atoms with Gasteiger partial charge < -0.3 is 19.8 Å². The summed E-state index contributed by atoms with van der Waals surface area (Å²) in [4.78, 5) is 2.08. The maximum absolute atomic E-state index is 10.7. The minimum Gasteiger partial charge on any atom is -0.492 e. The lowest BCUT2D eigenvalue weighted by Gasteiger charge is -2.21. The molecule has 0 aliphatic heterocycles. The molecular formula is C26H29NO3. The fraction of sp³-hybridized carbons (Fsp3) is 0.231. The highest BCUT2D eigenvalue weighted by molar-refractivity contribution is 6.00. The van der Waals surface area contributed by atoms with Gasteiger partial charge >= 0.3 is 0 Å². The molecule has 0 spiro atoms. The smallest absolute Gasteiger partial charge is 0.119 e. The summed E-state index contributed by atoms with van der Waals surface area (Å²) in [5.74, 6) is 0.803. The molecule has 0 saturated heterocycles. The molecule has 3 aromatic carbocycles. The topological polar surface area (TPSA) is 52.9 Å². The molecular weight excluding hydrogens is 374 g/mol. The molecule has 2 N–H and O–H groups in total. The van der Waals surface area contributed by atoms with Crippen LogP contribution in [0.5, 0.6) is 5.75 Å². The van der Waals surface area contributed by atoms with E-state index in [0.29, 0.717) is 12.2 Å². The minimum absolute atomic E-state index is 0.355. The molecule has 1 atom stereocenters. The number of rotatable bonds is 9. The molecule has 1 unspecified atom stereocenters. The Balaban J connectivity index is 2.08. The molecule has 3 aromatic rings. The van der Waals surface area contributed by atoms with Gasteiger partial charge in [0.2, 0.25) is 0 Å². The first-order valence-corrected chi connectivity index (χ1v) is 10.1. The third-order valence-corrected chi connectivity index (χ3v) is 4.87. The van der Waals surface area contributed by atoms with E-state index in [0.717, 1.165) is 34.6 Å². The summed E-state index contributed by atoms with van der Waals surface area (Å²) < 4.78 is 5.82. The van der Waals surface area contributed by atoms with E-state index in [4.69, 9.17) is 4.74 Å². The number of likely N-dealkylation sites (N-methyl/N-ethyl adjacent to an activating group) is 1. The van der Waals surface area contributed by atoms with E-state index in [1.807, 2.05) is 99.0 Å². The van der Waals surface area contributed by atoms with E-state index in [9.17, 15) is 10.2 Å². The van der Waals surface area contributed by atoms with E-state index >= 15 is 0 Å². The van der Waals surface area contributed by atoms with Gasteiger partial charge in [-0.15, -0.1) is 0 Å². The highest BCUT2D eigenvalue weighted by Crippen LogP contribution is 2.35. The zero-order chi connectivity index (χ0) is 21.3. The first-order valence-electron chi connectivity index (χ1n) is 10.1. The van der Waals surface area contributed by atoms with Crippen molar-refractivity contribution in [2.24, 2.45) is 0 Å². The van der Waals surface area contributed by atoms with Gasteiger partial charge in [-0.3, -0.25) is 0 Å². The molecule has 30 heavy (non-hydrogen) atoms. The Morgan fingerprint density at radius 2 is 1.33 bits per heavy atom. The predicted octanol–water partition coefficient (Wildman–Crippen LogP) is 3.94. The molecule has 0 radical (unpaired) electrons. The van der Waals surface area contributed by atoms with Gasteiger partial charge in [0.05, 0.1) is 6.61 Å². The van der Waals surface area contributed by atoms with Crippen LogP contribution in [-0.2, 0) is 0 Å². The Morgan fingerprint density at radius 1 is 0.800 bits per heavy atom. The van der Waals surface area contributed by atoms with Crippen molar-refractivity contribution in [2.45, 2.75) is 6.10 Å². The van der Waals surface area contributed by atoms with Gasteiger partial charge in [-0.2, -0.15) is 0 Å². The van der Waals surface area contributed by atoms with Crippen molar-refractivity contribution < 1.29 is 14.9 Å². The number of hydrogen-bond donors (Lipinski definition) is 2. The Hall–Kier alpha value is -2.92. The van der Waals surface area contributed by atoms with Crippen LogP contribution in [0.4, 0.5) is 0 Å².